The predicted molar refractivity (Wildman–Crippen MR) is 69.8 cm³/mol. The molecule has 0 amide bonds. The lowest BCUT2D eigenvalue weighted by Crippen LogP contribution is -1.88. The average molecular weight is 242 g/mol. The van der Waals surface area contributed by atoms with Crippen LogP contribution in [0, 0.1) is 6.92 Å². The monoisotopic (exact) mass is 242 g/mol. The predicted octanol–water partition coefficient (Wildman–Crippen LogP) is 2.64. The lowest BCUT2D eigenvalue weighted by Gasteiger charge is -2.01. The third kappa shape index (κ3) is 1.85. The minimum absolute atomic E-state index is 0.531. The van der Waals surface area contributed by atoms with Crippen LogP contribution in [-0.2, 0) is 0 Å². The molecule has 3 rings (SSSR count). The number of pyridine rings is 1. The van der Waals surface area contributed by atoms with E-state index in [1.807, 2.05) is 25.1 Å². The Morgan fingerprint density at radius 1 is 1.12 bits per heavy atom. The molecule has 3 aromatic rings. The number of benzene rings is 1. The van der Waals surface area contributed by atoms with E-state index >= 15 is 0 Å². The summed E-state index contributed by atoms with van der Waals surface area (Å²) >= 11 is 1.58. The summed E-state index contributed by atoms with van der Waals surface area (Å²) in [5.41, 5.74) is 6.74. The van der Waals surface area contributed by atoms with Crippen molar-refractivity contribution in [3.63, 3.8) is 0 Å². The Hall–Kier alpha value is -2.01. The van der Waals surface area contributed by atoms with Gasteiger partial charge in [0.1, 0.15) is 15.8 Å². The molecule has 17 heavy (non-hydrogen) atoms. The molecule has 2 aromatic heterocycles. The van der Waals surface area contributed by atoms with Gasteiger partial charge in [-0.25, -0.2) is 4.98 Å². The van der Waals surface area contributed by atoms with Crippen LogP contribution in [0.3, 0.4) is 0 Å². The maximum Gasteiger partial charge on any atom is 0.147 e. The minimum atomic E-state index is 0.531. The highest BCUT2D eigenvalue weighted by molar-refractivity contribution is 7.14. The summed E-state index contributed by atoms with van der Waals surface area (Å²) < 4.78 is 0. The van der Waals surface area contributed by atoms with Gasteiger partial charge in [0.05, 0.1) is 0 Å². The first-order chi connectivity index (χ1) is 8.22. The molecule has 0 spiro atoms. The molecule has 0 bridgehead atoms. The molecule has 2 heterocycles. The molecule has 0 aliphatic carbocycles. The van der Waals surface area contributed by atoms with Crippen molar-refractivity contribution in [2.24, 2.45) is 0 Å². The van der Waals surface area contributed by atoms with Crippen LogP contribution in [0.1, 0.15) is 5.01 Å². The van der Waals surface area contributed by atoms with E-state index in [-0.39, 0.29) is 0 Å². The van der Waals surface area contributed by atoms with Crippen molar-refractivity contribution in [3.8, 4) is 10.6 Å². The van der Waals surface area contributed by atoms with Gasteiger partial charge in [0.15, 0.2) is 0 Å². The van der Waals surface area contributed by atoms with Crippen molar-refractivity contribution in [2.45, 2.75) is 6.92 Å². The standard InChI is InChI=1S/C12H10N4S/c1-7-15-16-12(17-7)8-2-3-9-6-14-11(13)5-10(9)4-8/h2-6H,1H3,(H2,13,14). The number of hydrogen-bond donors (Lipinski definition) is 1. The summed E-state index contributed by atoms with van der Waals surface area (Å²) in [5, 5.41) is 12.2. The number of nitrogens with two attached hydrogens (primary N) is 1. The van der Waals surface area contributed by atoms with E-state index in [9.17, 15) is 0 Å². The Morgan fingerprint density at radius 3 is 2.76 bits per heavy atom. The molecule has 0 unspecified atom stereocenters. The molecule has 0 saturated carbocycles. The fourth-order valence-corrected chi connectivity index (χ4v) is 2.39. The van der Waals surface area contributed by atoms with Gasteiger partial charge in [-0.1, -0.05) is 23.5 Å². The van der Waals surface area contributed by atoms with Gasteiger partial charge in [-0.05, 0) is 24.4 Å². The first-order valence-corrected chi connectivity index (χ1v) is 6.00. The zero-order chi connectivity index (χ0) is 11.8. The van der Waals surface area contributed by atoms with Gasteiger partial charge < -0.3 is 5.73 Å². The van der Waals surface area contributed by atoms with Crippen LogP contribution in [0.15, 0.2) is 30.5 Å². The summed E-state index contributed by atoms with van der Waals surface area (Å²) in [6.07, 6.45) is 1.78. The number of anilines is 1. The van der Waals surface area contributed by atoms with E-state index in [4.69, 9.17) is 5.73 Å². The Bertz CT molecular complexity index is 690. The van der Waals surface area contributed by atoms with Crippen molar-refractivity contribution in [1.29, 1.82) is 0 Å². The normalized spacial score (nSPS) is 10.9. The highest BCUT2D eigenvalue weighted by atomic mass is 32.1. The molecule has 1 aromatic carbocycles. The molecule has 5 heteroatoms. The number of aromatic nitrogens is 3. The summed E-state index contributed by atoms with van der Waals surface area (Å²) in [5.74, 6) is 0.531. The van der Waals surface area contributed by atoms with Crippen molar-refractivity contribution in [1.82, 2.24) is 15.2 Å². The van der Waals surface area contributed by atoms with Gasteiger partial charge in [0.2, 0.25) is 0 Å². The zero-order valence-corrected chi connectivity index (χ0v) is 10.0. The number of nitrogen functional groups attached to an aromatic ring is 1. The Morgan fingerprint density at radius 2 is 2.00 bits per heavy atom. The quantitative estimate of drug-likeness (QED) is 0.712. The second kappa shape index (κ2) is 3.78. The van der Waals surface area contributed by atoms with Gasteiger partial charge in [-0.3, -0.25) is 0 Å². The first-order valence-electron chi connectivity index (χ1n) is 5.18. The second-order valence-corrected chi connectivity index (χ2v) is 4.98. The summed E-state index contributed by atoms with van der Waals surface area (Å²) in [4.78, 5) is 4.07. The van der Waals surface area contributed by atoms with Gasteiger partial charge in [-0.2, -0.15) is 0 Å². The first kappa shape index (κ1) is 10.2. The van der Waals surface area contributed by atoms with Crippen LogP contribution in [0.5, 0.6) is 0 Å². The number of aryl methyl sites for hydroxylation is 1. The van der Waals surface area contributed by atoms with E-state index in [1.165, 1.54) is 0 Å². The van der Waals surface area contributed by atoms with Gasteiger partial charge in [-0.15, -0.1) is 10.2 Å². The van der Waals surface area contributed by atoms with Gasteiger partial charge in [0, 0.05) is 17.1 Å². The number of fused-ring (bicyclic) bond motifs is 1. The fourth-order valence-electron chi connectivity index (χ4n) is 1.70. The third-order valence-electron chi connectivity index (χ3n) is 2.52. The van der Waals surface area contributed by atoms with Gasteiger partial charge in [0.25, 0.3) is 0 Å². The minimum Gasteiger partial charge on any atom is -0.384 e. The Kier molecular flexibility index (Phi) is 2.26. The van der Waals surface area contributed by atoms with E-state index in [0.29, 0.717) is 5.82 Å². The van der Waals surface area contributed by atoms with Crippen LogP contribution in [0.2, 0.25) is 0 Å². The van der Waals surface area contributed by atoms with Crippen molar-refractivity contribution in [2.75, 3.05) is 5.73 Å². The van der Waals surface area contributed by atoms with Crippen molar-refractivity contribution < 1.29 is 0 Å². The number of hydrogen-bond acceptors (Lipinski definition) is 5. The fraction of sp³-hybridized carbons (Fsp3) is 0.0833. The highest BCUT2D eigenvalue weighted by Gasteiger charge is 2.05. The molecule has 0 radical (unpaired) electrons. The van der Waals surface area contributed by atoms with E-state index < -0.39 is 0 Å². The molecule has 0 atom stereocenters. The topological polar surface area (TPSA) is 64.7 Å². The summed E-state index contributed by atoms with van der Waals surface area (Å²) in [6, 6.07) is 7.98. The van der Waals surface area contributed by atoms with Crippen LogP contribution >= 0.6 is 11.3 Å². The van der Waals surface area contributed by atoms with Crippen LogP contribution in [-0.4, -0.2) is 15.2 Å². The third-order valence-corrected chi connectivity index (χ3v) is 3.40. The summed E-state index contributed by atoms with van der Waals surface area (Å²) in [7, 11) is 0. The average Bonchev–Trinajstić information content (AvgIpc) is 2.75. The Labute approximate surface area is 102 Å². The Balaban J connectivity index is 2.18. The molecule has 0 fully saturated rings. The lowest BCUT2D eigenvalue weighted by molar-refractivity contribution is 1.05. The molecular weight excluding hydrogens is 232 g/mol. The van der Waals surface area contributed by atoms with Crippen LogP contribution in [0.4, 0.5) is 5.82 Å². The molecule has 4 nitrogen and oxygen atoms in total. The maximum atomic E-state index is 5.68. The van der Waals surface area contributed by atoms with E-state index in [1.54, 1.807) is 17.5 Å². The molecule has 2 N–H and O–H groups in total. The van der Waals surface area contributed by atoms with Gasteiger partial charge >= 0.3 is 0 Å². The van der Waals surface area contributed by atoms with Crippen LogP contribution in [0.25, 0.3) is 21.3 Å². The largest absolute Gasteiger partial charge is 0.384 e. The number of rotatable bonds is 1. The maximum absolute atomic E-state index is 5.68. The van der Waals surface area contributed by atoms with Crippen molar-refractivity contribution >= 4 is 27.9 Å². The smallest absolute Gasteiger partial charge is 0.147 e. The van der Waals surface area contributed by atoms with E-state index in [2.05, 4.69) is 21.2 Å². The molecule has 0 saturated heterocycles. The molecule has 84 valence electrons. The second-order valence-electron chi connectivity index (χ2n) is 3.80. The molecule has 0 aliphatic rings. The van der Waals surface area contributed by atoms with Crippen molar-refractivity contribution in [3.05, 3.63) is 35.5 Å². The number of nitrogens with zero attached hydrogens (tertiary/aromatic N) is 3. The summed E-state index contributed by atoms with van der Waals surface area (Å²) in [6.45, 7) is 1.95. The molecule has 0 aliphatic heterocycles. The lowest BCUT2D eigenvalue weighted by atomic mass is 10.1. The zero-order valence-electron chi connectivity index (χ0n) is 9.21. The SMILES string of the molecule is Cc1nnc(-c2ccc3cnc(N)cc3c2)s1. The highest BCUT2D eigenvalue weighted by Crippen LogP contribution is 2.26. The molecular formula is C12H10N4S. The van der Waals surface area contributed by atoms with Crippen LogP contribution < -0.4 is 5.73 Å². The van der Waals surface area contributed by atoms with E-state index in [0.717, 1.165) is 26.4 Å².